The smallest absolute Gasteiger partial charge is 0.257 e. The minimum absolute atomic E-state index is 0.0857. The molecule has 2 heterocycles. The van der Waals surface area contributed by atoms with Crippen molar-refractivity contribution in [3.63, 3.8) is 0 Å². The SMILES string of the molecule is O=C(COc1ccc(C2=NNC(=O)CC2)cc1Cl)NCCN1CCNCC1. The molecule has 0 saturated carbocycles. The number of carbonyl (C=O) groups excluding carboxylic acids is 2. The number of halogens is 1. The van der Waals surface area contributed by atoms with Gasteiger partial charge in [0.15, 0.2) is 6.61 Å². The van der Waals surface area contributed by atoms with Crippen LogP contribution in [0.2, 0.25) is 5.02 Å². The first-order valence-electron chi connectivity index (χ1n) is 9.10. The minimum Gasteiger partial charge on any atom is -0.482 e. The molecule has 27 heavy (non-hydrogen) atoms. The van der Waals surface area contributed by atoms with Crippen molar-refractivity contribution in [3.8, 4) is 5.75 Å². The quantitative estimate of drug-likeness (QED) is 0.621. The number of ether oxygens (including phenoxy) is 1. The predicted octanol–water partition coefficient (Wildman–Crippen LogP) is 0.354. The lowest BCUT2D eigenvalue weighted by Gasteiger charge is -2.27. The van der Waals surface area contributed by atoms with Crippen LogP contribution in [0.1, 0.15) is 18.4 Å². The third-order valence-corrected chi connectivity index (χ3v) is 4.78. The van der Waals surface area contributed by atoms with Crippen LogP contribution < -0.4 is 20.8 Å². The van der Waals surface area contributed by atoms with Gasteiger partial charge in [0.25, 0.3) is 5.91 Å². The molecule has 0 bridgehead atoms. The van der Waals surface area contributed by atoms with Gasteiger partial charge in [-0.2, -0.15) is 5.10 Å². The molecule has 1 fully saturated rings. The van der Waals surface area contributed by atoms with Crippen molar-refractivity contribution in [1.82, 2.24) is 21.0 Å². The fraction of sp³-hybridized carbons (Fsp3) is 0.500. The Morgan fingerprint density at radius 1 is 1.30 bits per heavy atom. The summed E-state index contributed by atoms with van der Waals surface area (Å²) in [5.74, 6) is 0.176. The van der Waals surface area contributed by atoms with Gasteiger partial charge in [-0.3, -0.25) is 14.5 Å². The normalized spacial score (nSPS) is 17.8. The van der Waals surface area contributed by atoms with Crippen molar-refractivity contribution in [2.75, 3.05) is 45.9 Å². The number of hydrogen-bond donors (Lipinski definition) is 3. The molecule has 2 aliphatic heterocycles. The van der Waals surface area contributed by atoms with Crippen LogP contribution in [0.15, 0.2) is 23.3 Å². The lowest BCUT2D eigenvalue weighted by Crippen LogP contribution is -2.46. The summed E-state index contributed by atoms with van der Waals surface area (Å²) in [6.07, 6.45) is 0.973. The van der Waals surface area contributed by atoms with Gasteiger partial charge >= 0.3 is 0 Å². The van der Waals surface area contributed by atoms with E-state index in [4.69, 9.17) is 16.3 Å². The van der Waals surface area contributed by atoms with Crippen LogP contribution in [0.25, 0.3) is 0 Å². The number of piperazine rings is 1. The molecule has 0 unspecified atom stereocenters. The fourth-order valence-electron chi connectivity index (χ4n) is 2.96. The molecule has 0 atom stereocenters. The van der Waals surface area contributed by atoms with Crippen molar-refractivity contribution in [3.05, 3.63) is 28.8 Å². The minimum atomic E-state index is -0.176. The van der Waals surface area contributed by atoms with Crippen LogP contribution in [-0.4, -0.2) is 68.3 Å². The van der Waals surface area contributed by atoms with E-state index in [1.807, 2.05) is 6.07 Å². The van der Waals surface area contributed by atoms with Gasteiger partial charge in [0.05, 0.1) is 10.7 Å². The Balaban J connectivity index is 1.43. The van der Waals surface area contributed by atoms with Crippen LogP contribution in [0, 0.1) is 0 Å². The number of nitrogens with zero attached hydrogens (tertiary/aromatic N) is 2. The first-order chi connectivity index (χ1) is 13.1. The molecule has 2 amide bonds. The number of benzene rings is 1. The van der Waals surface area contributed by atoms with Crippen molar-refractivity contribution in [2.45, 2.75) is 12.8 Å². The van der Waals surface area contributed by atoms with Gasteiger partial charge in [0, 0.05) is 52.1 Å². The number of carbonyl (C=O) groups is 2. The Morgan fingerprint density at radius 3 is 2.81 bits per heavy atom. The van der Waals surface area contributed by atoms with E-state index in [-0.39, 0.29) is 18.4 Å². The summed E-state index contributed by atoms with van der Waals surface area (Å²) in [6, 6.07) is 5.26. The summed E-state index contributed by atoms with van der Waals surface area (Å²) in [5.41, 5.74) is 4.06. The molecule has 2 aliphatic rings. The second-order valence-corrected chi connectivity index (χ2v) is 6.88. The topological polar surface area (TPSA) is 95.1 Å². The third kappa shape index (κ3) is 5.92. The second kappa shape index (κ2) is 9.68. The van der Waals surface area contributed by atoms with Crippen LogP contribution >= 0.6 is 11.6 Å². The van der Waals surface area contributed by atoms with Gasteiger partial charge in [-0.05, 0) is 23.8 Å². The van der Waals surface area contributed by atoms with E-state index in [1.165, 1.54) is 0 Å². The van der Waals surface area contributed by atoms with Crippen molar-refractivity contribution >= 4 is 29.1 Å². The summed E-state index contributed by atoms with van der Waals surface area (Å²) in [4.78, 5) is 25.4. The van der Waals surface area contributed by atoms with Gasteiger partial charge in [-0.1, -0.05) is 11.6 Å². The van der Waals surface area contributed by atoms with E-state index in [0.29, 0.717) is 30.2 Å². The van der Waals surface area contributed by atoms with Gasteiger partial charge in [0.2, 0.25) is 5.91 Å². The van der Waals surface area contributed by atoms with E-state index >= 15 is 0 Å². The molecule has 9 heteroatoms. The average Bonchev–Trinajstić information content (AvgIpc) is 2.68. The summed E-state index contributed by atoms with van der Waals surface area (Å²) in [5, 5.41) is 10.6. The van der Waals surface area contributed by atoms with E-state index in [9.17, 15) is 9.59 Å². The number of hydrazone groups is 1. The van der Waals surface area contributed by atoms with Crippen LogP contribution in [-0.2, 0) is 9.59 Å². The average molecular weight is 394 g/mol. The maximum absolute atomic E-state index is 11.9. The zero-order chi connectivity index (χ0) is 19.1. The number of rotatable bonds is 7. The monoisotopic (exact) mass is 393 g/mol. The Hall–Kier alpha value is -2.16. The van der Waals surface area contributed by atoms with E-state index in [2.05, 4.69) is 26.1 Å². The van der Waals surface area contributed by atoms with Gasteiger partial charge < -0.3 is 15.4 Å². The van der Waals surface area contributed by atoms with Crippen LogP contribution in [0.4, 0.5) is 0 Å². The highest BCUT2D eigenvalue weighted by molar-refractivity contribution is 6.32. The molecule has 1 saturated heterocycles. The molecule has 1 aromatic rings. The maximum Gasteiger partial charge on any atom is 0.257 e. The number of hydrogen-bond acceptors (Lipinski definition) is 6. The first kappa shape index (κ1) is 19.6. The van der Waals surface area contributed by atoms with E-state index in [0.717, 1.165) is 44.0 Å². The highest BCUT2D eigenvalue weighted by atomic mass is 35.5. The summed E-state index contributed by atoms with van der Waals surface area (Å²) in [6.45, 7) is 5.33. The molecule has 1 aromatic carbocycles. The maximum atomic E-state index is 11.9. The fourth-order valence-corrected chi connectivity index (χ4v) is 3.20. The van der Waals surface area contributed by atoms with Crippen molar-refractivity contribution in [2.24, 2.45) is 5.10 Å². The molecule has 3 N–H and O–H groups in total. The van der Waals surface area contributed by atoms with Gasteiger partial charge in [-0.25, -0.2) is 5.43 Å². The lowest BCUT2D eigenvalue weighted by atomic mass is 10.0. The molecule has 0 radical (unpaired) electrons. The van der Waals surface area contributed by atoms with Crippen molar-refractivity contribution in [1.29, 1.82) is 0 Å². The Kier molecular flexibility index (Phi) is 7.03. The lowest BCUT2D eigenvalue weighted by molar-refractivity contribution is -0.123. The zero-order valence-electron chi connectivity index (χ0n) is 15.1. The van der Waals surface area contributed by atoms with Crippen molar-refractivity contribution < 1.29 is 14.3 Å². The Morgan fingerprint density at radius 2 is 2.11 bits per heavy atom. The molecule has 3 rings (SSSR count). The second-order valence-electron chi connectivity index (χ2n) is 6.47. The molecule has 0 aromatic heterocycles. The van der Waals surface area contributed by atoms with Crippen LogP contribution in [0.3, 0.4) is 0 Å². The van der Waals surface area contributed by atoms with Crippen LogP contribution in [0.5, 0.6) is 5.75 Å². The molecule has 0 aliphatic carbocycles. The van der Waals surface area contributed by atoms with E-state index in [1.54, 1.807) is 12.1 Å². The summed E-state index contributed by atoms with van der Waals surface area (Å²) in [7, 11) is 0. The Bertz CT molecular complexity index is 719. The first-order valence-corrected chi connectivity index (χ1v) is 9.47. The number of amides is 2. The molecule has 146 valence electrons. The third-order valence-electron chi connectivity index (χ3n) is 4.49. The number of nitrogens with one attached hydrogen (secondary N) is 3. The standard InChI is InChI=1S/C18H24ClN5O3/c19-14-11-13(15-2-4-17(25)23-22-15)1-3-16(14)27-12-18(26)21-7-10-24-8-5-20-6-9-24/h1,3,11,20H,2,4-10,12H2,(H,21,26)(H,23,25). The molecule has 8 nitrogen and oxygen atoms in total. The highest BCUT2D eigenvalue weighted by Gasteiger charge is 2.15. The largest absolute Gasteiger partial charge is 0.482 e. The molecular formula is C18H24ClN5O3. The van der Waals surface area contributed by atoms with Gasteiger partial charge in [-0.15, -0.1) is 0 Å². The van der Waals surface area contributed by atoms with E-state index < -0.39 is 0 Å². The predicted molar refractivity (Wildman–Crippen MR) is 103 cm³/mol. The molecular weight excluding hydrogens is 370 g/mol. The van der Waals surface area contributed by atoms with Gasteiger partial charge in [0.1, 0.15) is 5.75 Å². The summed E-state index contributed by atoms with van der Waals surface area (Å²) < 4.78 is 5.52. The zero-order valence-corrected chi connectivity index (χ0v) is 15.8. The molecule has 0 spiro atoms. The highest BCUT2D eigenvalue weighted by Crippen LogP contribution is 2.26. The Labute approximate surface area is 163 Å². The summed E-state index contributed by atoms with van der Waals surface area (Å²) >= 11 is 6.25.